The fraction of sp³-hybridized carbons (Fsp3) is 0.625. The molecule has 0 aliphatic carbocycles. The van der Waals surface area contributed by atoms with Crippen molar-refractivity contribution in [2.75, 3.05) is 6.54 Å². The van der Waals surface area contributed by atoms with Gasteiger partial charge in [0.25, 0.3) is 0 Å². The molecule has 0 bridgehead atoms. The van der Waals surface area contributed by atoms with Crippen molar-refractivity contribution in [3.63, 3.8) is 0 Å². The molecule has 1 nitrogen and oxygen atoms in total. The average molecular weight is 287 g/mol. The number of nitrogens with one attached hydrogen (secondary N) is 1. The zero-order chi connectivity index (χ0) is 15.4. The van der Waals surface area contributed by atoms with Crippen molar-refractivity contribution in [3.05, 3.63) is 35.4 Å². The molecular weight excluding hydrogens is 263 g/mol. The van der Waals surface area contributed by atoms with Gasteiger partial charge in [-0.3, -0.25) is 0 Å². The third kappa shape index (κ3) is 4.82. The highest BCUT2D eigenvalue weighted by Crippen LogP contribution is 2.33. The second-order valence-corrected chi connectivity index (χ2v) is 6.23. The Labute approximate surface area is 119 Å². The van der Waals surface area contributed by atoms with E-state index in [9.17, 15) is 13.2 Å². The van der Waals surface area contributed by atoms with Crippen LogP contribution in [-0.2, 0) is 12.6 Å². The molecule has 0 aromatic heterocycles. The quantitative estimate of drug-likeness (QED) is 0.830. The summed E-state index contributed by atoms with van der Waals surface area (Å²) in [6.07, 6.45) is -2.93. The van der Waals surface area contributed by atoms with Gasteiger partial charge in [0.15, 0.2) is 0 Å². The van der Waals surface area contributed by atoms with Crippen LogP contribution in [0.3, 0.4) is 0 Å². The van der Waals surface area contributed by atoms with Gasteiger partial charge in [-0.1, -0.05) is 45.9 Å². The molecule has 0 radical (unpaired) electrons. The normalized spacial score (nSPS) is 14.3. The van der Waals surface area contributed by atoms with E-state index in [1.807, 2.05) is 0 Å². The number of halogens is 3. The number of benzene rings is 1. The summed E-state index contributed by atoms with van der Waals surface area (Å²) >= 11 is 0. The predicted molar refractivity (Wildman–Crippen MR) is 76.7 cm³/mol. The smallest absolute Gasteiger partial charge is 0.313 e. The van der Waals surface area contributed by atoms with E-state index in [4.69, 9.17) is 0 Å². The van der Waals surface area contributed by atoms with Crippen LogP contribution in [0.25, 0.3) is 0 Å². The minimum Gasteiger partial charge on any atom is -0.313 e. The molecule has 0 amide bonds. The summed E-state index contributed by atoms with van der Waals surface area (Å²) < 4.78 is 39.1. The van der Waals surface area contributed by atoms with E-state index in [-0.39, 0.29) is 11.5 Å². The van der Waals surface area contributed by atoms with Crippen LogP contribution in [0.1, 0.15) is 45.2 Å². The first-order valence-corrected chi connectivity index (χ1v) is 7.04. The lowest BCUT2D eigenvalue weighted by molar-refractivity contribution is -0.138. The van der Waals surface area contributed by atoms with E-state index in [0.717, 1.165) is 19.0 Å². The third-order valence-corrected chi connectivity index (χ3v) is 3.43. The molecule has 0 aliphatic rings. The zero-order valence-electron chi connectivity index (χ0n) is 12.6. The molecule has 114 valence electrons. The van der Waals surface area contributed by atoms with Crippen LogP contribution in [-0.4, -0.2) is 12.6 Å². The molecule has 0 saturated carbocycles. The molecule has 4 heteroatoms. The summed E-state index contributed by atoms with van der Waals surface area (Å²) in [6.45, 7) is 9.02. The van der Waals surface area contributed by atoms with Gasteiger partial charge < -0.3 is 5.32 Å². The molecule has 1 rings (SSSR count). The van der Waals surface area contributed by atoms with E-state index in [1.165, 1.54) is 6.07 Å². The van der Waals surface area contributed by atoms with Crippen molar-refractivity contribution >= 4 is 0 Å². The number of hydrogen-bond acceptors (Lipinski definition) is 1. The van der Waals surface area contributed by atoms with Crippen LogP contribution >= 0.6 is 0 Å². The molecular formula is C16H24F3N. The second kappa shape index (κ2) is 6.61. The van der Waals surface area contributed by atoms with Gasteiger partial charge in [0.1, 0.15) is 0 Å². The third-order valence-electron chi connectivity index (χ3n) is 3.43. The van der Waals surface area contributed by atoms with E-state index >= 15 is 0 Å². The lowest BCUT2D eigenvalue weighted by Crippen LogP contribution is -2.42. The molecule has 1 N–H and O–H groups in total. The van der Waals surface area contributed by atoms with Crippen LogP contribution in [0.15, 0.2) is 24.3 Å². The van der Waals surface area contributed by atoms with Crippen LogP contribution in [0.4, 0.5) is 13.2 Å². The van der Waals surface area contributed by atoms with Gasteiger partial charge in [-0.2, -0.15) is 13.2 Å². The van der Waals surface area contributed by atoms with Gasteiger partial charge in [0.05, 0.1) is 5.56 Å². The second-order valence-electron chi connectivity index (χ2n) is 6.23. The Morgan fingerprint density at radius 3 is 2.20 bits per heavy atom. The summed E-state index contributed by atoms with van der Waals surface area (Å²) in [5.74, 6) is 0. The maximum atomic E-state index is 13.0. The minimum atomic E-state index is -4.29. The van der Waals surface area contributed by atoms with Crippen molar-refractivity contribution in [1.82, 2.24) is 5.32 Å². The highest BCUT2D eigenvalue weighted by Gasteiger charge is 2.34. The largest absolute Gasteiger partial charge is 0.416 e. The summed E-state index contributed by atoms with van der Waals surface area (Å²) in [5, 5.41) is 3.37. The highest BCUT2D eigenvalue weighted by atomic mass is 19.4. The summed E-state index contributed by atoms with van der Waals surface area (Å²) in [5.41, 5.74) is -0.246. The van der Waals surface area contributed by atoms with Crippen LogP contribution < -0.4 is 5.32 Å². The van der Waals surface area contributed by atoms with Crippen LogP contribution in [0, 0.1) is 5.41 Å². The SMILES string of the molecule is CCCNC(Cc1ccccc1C(F)(F)F)C(C)(C)C. The number of hydrogen-bond donors (Lipinski definition) is 1. The predicted octanol–water partition coefficient (Wildman–Crippen LogP) is 4.66. The lowest BCUT2D eigenvalue weighted by atomic mass is 9.82. The molecule has 1 unspecified atom stereocenters. The van der Waals surface area contributed by atoms with Gasteiger partial charge >= 0.3 is 6.18 Å². The highest BCUT2D eigenvalue weighted by molar-refractivity contribution is 5.30. The van der Waals surface area contributed by atoms with Gasteiger partial charge in [-0.15, -0.1) is 0 Å². The first kappa shape index (κ1) is 17.0. The van der Waals surface area contributed by atoms with Gasteiger partial charge in [-0.25, -0.2) is 0 Å². The summed E-state index contributed by atoms with van der Waals surface area (Å²) in [4.78, 5) is 0. The van der Waals surface area contributed by atoms with Gasteiger partial charge in [-0.05, 0) is 36.4 Å². The Morgan fingerprint density at radius 2 is 1.70 bits per heavy atom. The molecule has 1 atom stereocenters. The maximum absolute atomic E-state index is 13.0. The average Bonchev–Trinajstić information content (AvgIpc) is 2.32. The van der Waals surface area contributed by atoms with Crippen molar-refractivity contribution < 1.29 is 13.2 Å². The number of rotatable bonds is 5. The number of alkyl halides is 3. The Balaban J connectivity index is 3.00. The van der Waals surface area contributed by atoms with E-state index in [1.54, 1.807) is 12.1 Å². The van der Waals surface area contributed by atoms with E-state index in [2.05, 4.69) is 33.0 Å². The molecule has 1 aromatic carbocycles. The monoisotopic (exact) mass is 287 g/mol. The first-order valence-electron chi connectivity index (χ1n) is 7.04. The molecule has 0 fully saturated rings. The van der Waals surface area contributed by atoms with Crippen LogP contribution in [0.5, 0.6) is 0 Å². The van der Waals surface area contributed by atoms with Crippen molar-refractivity contribution in [3.8, 4) is 0 Å². The molecule has 0 aliphatic heterocycles. The minimum absolute atomic E-state index is 0.0194. The zero-order valence-corrected chi connectivity index (χ0v) is 12.6. The fourth-order valence-electron chi connectivity index (χ4n) is 2.20. The van der Waals surface area contributed by atoms with Gasteiger partial charge in [0.2, 0.25) is 0 Å². The summed E-state index contributed by atoms with van der Waals surface area (Å²) in [7, 11) is 0. The molecule has 0 heterocycles. The first-order chi connectivity index (χ1) is 9.16. The van der Waals surface area contributed by atoms with Crippen molar-refractivity contribution in [1.29, 1.82) is 0 Å². The Bertz CT molecular complexity index is 418. The lowest BCUT2D eigenvalue weighted by Gasteiger charge is -2.32. The van der Waals surface area contributed by atoms with E-state index in [0.29, 0.717) is 12.0 Å². The van der Waals surface area contributed by atoms with Crippen molar-refractivity contribution in [2.45, 2.75) is 52.8 Å². The maximum Gasteiger partial charge on any atom is 0.416 e. The molecule has 0 spiro atoms. The molecule has 20 heavy (non-hydrogen) atoms. The van der Waals surface area contributed by atoms with Gasteiger partial charge in [0, 0.05) is 6.04 Å². The Hall–Kier alpha value is -1.03. The fourth-order valence-corrected chi connectivity index (χ4v) is 2.20. The van der Waals surface area contributed by atoms with E-state index < -0.39 is 11.7 Å². The Kier molecular flexibility index (Phi) is 5.63. The van der Waals surface area contributed by atoms with Crippen LogP contribution in [0.2, 0.25) is 0 Å². The standard InChI is InChI=1S/C16H24F3N/c1-5-10-20-14(15(2,3)4)11-12-8-6-7-9-13(12)16(17,18)19/h6-9,14,20H,5,10-11H2,1-4H3. The molecule has 0 saturated heterocycles. The molecule has 1 aromatic rings. The Morgan fingerprint density at radius 1 is 1.10 bits per heavy atom. The van der Waals surface area contributed by atoms with Crippen molar-refractivity contribution in [2.24, 2.45) is 5.41 Å². The topological polar surface area (TPSA) is 12.0 Å². The summed E-state index contributed by atoms with van der Waals surface area (Å²) in [6, 6.07) is 5.87.